The lowest BCUT2D eigenvalue weighted by atomic mass is 10.2. The summed E-state index contributed by atoms with van der Waals surface area (Å²) in [6.45, 7) is 9.32. The average molecular weight is 294 g/mol. The number of hydrogen-bond acceptors (Lipinski definition) is 5. The molecule has 0 atom stereocenters. The second kappa shape index (κ2) is 5.24. The van der Waals surface area contributed by atoms with Crippen LogP contribution in [0.5, 0.6) is 0 Å². The molecule has 2 aromatic rings. The molecule has 1 N–H and O–H groups in total. The predicted octanol–water partition coefficient (Wildman–Crippen LogP) is 2.87. The molecule has 0 bridgehead atoms. The van der Waals surface area contributed by atoms with Crippen LogP contribution in [0.1, 0.15) is 37.9 Å². The van der Waals surface area contributed by atoms with E-state index in [-0.39, 0.29) is 0 Å². The van der Waals surface area contributed by atoms with Gasteiger partial charge < -0.3 is 4.74 Å². The van der Waals surface area contributed by atoms with E-state index in [1.807, 2.05) is 23.6 Å². The van der Waals surface area contributed by atoms with E-state index in [2.05, 4.69) is 15.5 Å². The molecule has 0 aliphatic carbocycles. The monoisotopic (exact) mass is 294 g/mol. The van der Waals surface area contributed by atoms with E-state index in [1.54, 1.807) is 38.3 Å². The number of carbonyl (C=O) groups is 1. The number of hydrogen-bond donors (Lipinski definition) is 1. The number of thiazole rings is 1. The van der Waals surface area contributed by atoms with Crippen molar-refractivity contribution in [3.05, 3.63) is 22.5 Å². The van der Waals surface area contributed by atoms with E-state index in [1.165, 1.54) is 0 Å². The third-order valence-corrected chi connectivity index (χ3v) is 3.44. The standard InChI is InChI=1S/C13H18N4O2S/c1-8-7-20-11-15-9(2)10(17(8)11)6-14-16-12(18)19-13(3,4)5/h6-7H,1-5H3,(H,16,18)/b14-6-. The Morgan fingerprint density at radius 2 is 2.20 bits per heavy atom. The molecule has 2 rings (SSSR count). The number of amides is 1. The van der Waals surface area contributed by atoms with Crippen LogP contribution in [0.2, 0.25) is 0 Å². The molecule has 0 radical (unpaired) electrons. The van der Waals surface area contributed by atoms with Crippen molar-refractivity contribution in [2.24, 2.45) is 5.10 Å². The molecule has 0 spiro atoms. The first-order chi connectivity index (χ1) is 9.28. The maximum absolute atomic E-state index is 11.5. The first-order valence-corrected chi connectivity index (χ1v) is 7.11. The van der Waals surface area contributed by atoms with E-state index < -0.39 is 11.7 Å². The Hall–Kier alpha value is -1.89. The number of carbonyl (C=O) groups excluding carboxylic acids is 1. The van der Waals surface area contributed by atoms with Crippen LogP contribution in [0.15, 0.2) is 10.5 Å². The van der Waals surface area contributed by atoms with Crippen molar-refractivity contribution in [3.8, 4) is 0 Å². The SMILES string of the molecule is Cc1nc2scc(C)n2c1/C=N\NC(=O)OC(C)(C)C. The number of imidazole rings is 1. The highest BCUT2D eigenvalue weighted by atomic mass is 32.1. The molecule has 0 saturated carbocycles. The van der Waals surface area contributed by atoms with Gasteiger partial charge in [0, 0.05) is 11.1 Å². The van der Waals surface area contributed by atoms with E-state index in [0.717, 1.165) is 22.0 Å². The third-order valence-electron chi connectivity index (χ3n) is 2.50. The van der Waals surface area contributed by atoms with Gasteiger partial charge in [-0.3, -0.25) is 4.40 Å². The molecular weight excluding hydrogens is 276 g/mol. The van der Waals surface area contributed by atoms with Gasteiger partial charge in [0.15, 0.2) is 4.96 Å². The zero-order valence-electron chi connectivity index (χ0n) is 12.2. The number of nitrogens with zero attached hydrogens (tertiary/aromatic N) is 3. The van der Waals surface area contributed by atoms with Crippen molar-refractivity contribution < 1.29 is 9.53 Å². The van der Waals surface area contributed by atoms with Crippen LogP contribution in [-0.4, -0.2) is 27.3 Å². The molecule has 2 aromatic heterocycles. The fourth-order valence-electron chi connectivity index (χ4n) is 1.72. The first-order valence-electron chi connectivity index (χ1n) is 6.23. The minimum atomic E-state index is -0.575. The van der Waals surface area contributed by atoms with Gasteiger partial charge in [-0.25, -0.2) is 15.2 Å². The lowest BCUT2D eigenvalue weighted by Crippen LogP contribution is -2.29. The van der Waals surface area contributed by atoms with Gasteiger partial charge in [0.2, 0.25) is 0 Å². The van der Waals surface area contributed by atoms with E-state index in [4.69, 9.17) is 4.74 Å². The molecule has 0 unspecified atom stereocenters. The number of ether oxygens (including phenoxy) is 1. The van der Waals surface area contributed by atoms with Gasteiger partial charge >= 0.3 is 6.09 Å². The molecule has 1 amide bonds. The number of fused-ring (bicyclic) bond motifs is 1. The Bertz CT molecular complexity index is 664. The fraction of sp³-hybridized carbons (Fsp3) is 0.462. The average Bonchev–Trinajstić information content (AvgIpc) is 2.78. The second-order valence-electron chi connectivity index (χ2n) is 5.45. The van der Waals surface area contributed by atoms with Crippen molar-refractivity contribution in [1.82, 2.24) is 14.8 Å². The van der Waals surface area contributed by atoms with Gasteiger partial charge in [-0.2, -0.15) is 5.10 Å². The molecular formula is C13H18N4O2S. The van der Waals surface area contributed by atoms with E-state index in [0.29, 0.717) is 0 Å². The third kappa shape index (κ3) is 3.16. The van der Waals surface area contributed by atoms with Crippen LogP contribution in [0, 0.1) is 13.8 Å². The van der Waals surface area contributed by atoms with Crippen LogP contribution in [0.25, 0.3) is 4.96 Å². The summed E-state index contributed by atoms with van der Waals surface area (Å²) in [4.78, 5) is 16.8. The van der Waals surface area contributed by atoms with E-state index in [9.17, 15) is 4.79 Å². The van der Waals surface area contributed by atoms with Gasteiger partial charge in [-0.05, 0) is 34.6 Å². The summed E-state index contributed by atoms with van der Waals surface area (Å²) in [7, 11) is 0. The molecule has 0 aliphatic heterocycles. The van der Waals surface area contributed by atoms with E-state index >= 15 is 0 Å². The second-order valence-corrected chi connectivity index (χ2v) is 6.29. The Kier molecular flexibility index (Phi) is 3.80. The highest BCUT2D eigenvalue weighted by Crippen LogP contribution is 2.19. The van der Waals surface area contributed by atoms with Crippen molar-refractivity contribution in [2.75, 3.05) is 0 Å². The van der Waals surface area contributed by atoms with Crippen LogP contribution in [0.4, 0.5) is 4.79 Å². The van der Waals surface area contributed by atoms with Gasteiger partial charge in [0.25, 0.3) is 0 Å². The molecule has 6 nitrogen and oxygen atoms in total. The van der Waals surface area contributed by atoms with Gasteiger partial charge in [0.1, 0.15) is 5.60 Å². The molecule has 0 aliphatic rings. The van der Waals surface area contributed by atoms with Crippen LogP contribution < -0.4 is 5.43 Å². The maximum atomic E-state index is 11.5. The van der Waals surface area contributed by atoms with Crippen molar-refractivity contribution >= 4 is 28.6 Å². The lowest BCUT2D eigenvalue weighted by molar-refractivity contribution is 0.0529. The molecule has 0 saturated heterocycles. The normalized spacial score (nSPS) is 12.2. The van der Waals surface area contributed by atoms with Crippen molar-refractivity contribution in [2.45, 2.75) is 40.2 Å². The first kappa shape index (κ1) is 14.5. The topological polar surface area (TPSA) is 68.0 Å². The number of rotatable bonds is 2. The summed E-state index contributed by atoms with van der Waals surface area (Å²) < 4.78 is 7.10. The molecule has 20 heavy (non-hydrogen) atoms. The summed E-state index contributed by atoms with van der Waals surface area (Å²) in [5, 5.41) is 5.95. The quantitative estimate of drug-likeness (QED) is 0.684. The van der Waals surface area contributed by atoms with Crippen molar-refractivity contribution in [3.63, 3.8) is 0 Å². The largest absolute Gasteiger partial charge is 0.443 e. The van der Waals surface area contributed by atoms with Crippen molar-refractivity contribution in [1.29, 1.82) is 0 Å². The molecule has 2 heterocycles. The molecule has 7 heteroatoms. The Morgan fingerprint density at radius 3 is 2.85 bits per heavy atom. The Balaban J connectivity index is 2.12. The highest BCUT2D eigenvalue weighted by Gasteiger charge is 2.15. The number of nitrogens with one attached hydrogen (secondary N) is 1. The molecule has 0 aromatic carbocycles. The number of aryl methyl sites for hydroxylation is 2. The summed E-state index contributed by atoms with van der Waals surface area (Å²) in [6.07, 6.45) is 1.01. The fourth-order valence-corrected chi connectivity index (χ4v) is 2.64. The molecule has 108 valence electrons. The predicted molar refractivity (Wildman–Crippen MR) is 79.5 cm³/mol. The Morgan fingerprint density at radius 1 is 1.50 bits per heavy atom. The zero-order valence-corrected chi connectivity index (χ0v) is 13.0. The lowest BCUT2D eigenvalue weighted by Gasteiger charge is -2.18. The zero-order chi connectivity index (χ0) is 14.9. The summed E-state index contributed by atoms with van der Waals surface area (Å²) >= 11 is 1.57. The van der Waals surface area contributed by atoms with Gasteiger partial charge in [-0.1, -0.05) is 0 Å². The minimum Gasteiger partial charge on any atom is -0.443 e. The van der Waals surface area contributed by atoms with Gasteiger partial charge in [-0.15, -0.1) is 11.3 Å². The van der Waals surface area contributed by atoms with Crippen LogP contribution >= 0.6 is 11.3 Å². The van der Waals surface area contributed by atoms with Crippen LogP contribution in [-0.2, 0) is 4.74 Å². The smallest absolute Gasteiger partial charge is 0.428 e. The van der Waals surface area contributed by atoms with Gasteiger partial charge in [0.05, 0.1) is 17.6 Å². The maximum Gasteiger partial charge on any atom is 0.428 e. The minimum absolute atomic E-state index is 0.538. The summed E-state index contributed by atoms with van der Waals surface area (Å²) in [5.74, 6) is 0. The highest BCUT2D eigenvalue weighted by molar-refractivity contribution is 7.15. The number of aromatic nitrogens is 2. The Labute approximate surface area is 121 Å². The summed E-state index contributed by atoms with van der Waals surface area (Å²) in [5.41, 5.74) is 4.63. The van der Waals surface area contributed by atoms with Crippen LogP contribution in [0.3, 0.4) is 0 Å². The summed E-state index contributed by atoms with van der Waals surface area (Å²) in [6, 6.07) is 0. The molecule has 0 fully saturated rings. The number of hydrazone groups is 1.